The van der Waals surface area contributed by atoms with Crippen molar-refractivity contribution in [1.82, 2.24) is 4.98 Å². The second kappa shape index (κ2) is 4.35. The predicted octanol–water partition coefficient (Wildman–Crippen LogP) is 3.91. The number of aromatic nitrogens is 1. The molecule has 88 valence electrons. The van der Waals surface area contributed by atoms with Gasteiger partial charge in [0, 0.05) is 12.6 Å². The third kappa shape index (κ3) is 2.31. The van der Waals surface area contributed by atoms with Crippen LogP contribution in [0.3, 0.4) is 0 Å². The third-order valence-corrected chi connectivity index (χ3v) is 5.09. The lowest BCUT2D eigenvalue weighted by molar-refractivity contribution is 0.716. The highest BCUT2D eigenvalue weighted by Crippen LogP contribution is 2.40. The van der Waals surface area contributed by atoms with Gasteiger partial charge in [-0.3, -0.25) is 0 Å². The van der Waals surface area contributed by atoms with Gasteiger partial charge in [0.1, 0.15) is 5.15 Å². The molecular formula is C11H14Cl2N2S. The molecule has 0 aliphatic heterocycles. The van der Waals surface area contributed by atoms with Crippen molar-refractivity contribution in [3.63, 3.8) is 0 Å². The number of alkyl halides is 1. The number of halogens is 2. The fourth-order valence-electron chi connectivity index (χ4n) is 1.87. The highest BCUT2D eigenvalue weighted by molar-refractivity contribution is 7.16. The van der Waals surface area contributed by atoms with Gasteiger partial charge >= 0.3 is 0 Å². The van der Waals surface area contributed by atoms with E-state index in [-0.39, 0.29) is 0 Å². The van der Waals surface area contributed by atoms with E-state index in [1.807, 2.05) is 0 Å². The molecule has 5 heteroatoms. The number of thiazole rings is 1. The van der Waals surface area contributed by atoms with E-state index < -0.39 is 0 Å². The van der Waals surface area contributed by atoms with Gasteiger partial charge in [-0.25, -0.2) is 4.98 Å². The van der Waals surface area contributed by atoms with E-state index >= 15 is 0 Å². The Labute approximate surface area is 110 Å². The van der Waals surface area contributed by atoms with Crippen LogP contribution in [0.15, 0.2) is 0 Å². The van der Waals surface area contributed by atoms with E-state index in [0.717, 1.165) is 22.5 Å². The van der Waals surface area contributed by atoms with Crippen molar-refractivity contribution in [2.24, 2.45) is 5.92 Å². The molecule has 2 aliphatic carbocycles. The molecule has 0 radical (unpaired) electrons. The number of anilines is 1. The maximum absolute atomic E-state index is 6.05. The summed E-state index contributed by atoms with van der Waals surface area (Å²) in [5, 5.41) is 1.67. The summed E-state index contributed by atoms with van der Waals surface area (Å²) in [6.45, 7) is 1.16. The number of hydrogen-bond donors (Lipinski definition) is 0. The zero-order valence-corrected chi connectivity index (χ0v) is 11.3. The maximum atomic E-state index is 6.05. The van der Waals surface area contributed by atoms with Crippen LogP contribution in [0.1, 0.15) is 30.6 Å². The standard InChI is InChI=1S/C11H14Cl2N2S/c12-5-9-10(13)14-11(16-9)15(8-3-4-8)6-7-1-2-7/h7-8H,1-6H2. The van der Waals surface area contributed by atoms with E-state index in [4.69, 9.17) is 23.2 Å². The van der Waals surface area contributed by atoms with E-state index in [9.17, 15) is 0 Å². The molecule has 1 heterocycles. The quantitative estimate of drug-likeness (QED) is 0.758. The first-order valence-electron chi connectivity index (χ1n) is 5.75. The van der Waals surface area contributed by atoms with Crippen molar-refractivity contribution in [2.45, 2.75) is 37.6 Å². The monoisotopic (exact) mass is 276 g/mol. The topological polar surface area (TPSA) is 16.1 Å². The molecule has 16 heavy (non-hydrogen) atoms. The lowest BCUT2D eigenvalue weighted by atomic mass is 10.4. The minimum absolute atomic E-state index is 0.471. The summed E-state index contributed by atoms with van der Waals surface area (Å²) in [5.74, 6) is 1.36. The summed E-state index contributed by atoms with van der Waals surface area (Å²) >= 11 is 13.5. The zero-order chi connectivity index (χ0) is 11.1. The second-order valence-corrected chi connectivity index (χ2v) is 6.36. The van der Waals surface area contributed by atoms with Crippen LogP contribution in [0.5, 0.6) is 0 Å². The van der Waals surface area contributed by atoms with Gasteiger partial charge in [0.15, 0.2) is 5.13 Å². The molecule has 2 aliphatic rings. The van der Waals surface area contributed by atoms with Crippen LogP contribution >= 0.6 is 34.5 Å². The summed E-state index contributed by atoms with van der Waals surface area (Å²) in [7, 11) is 0. The highest BCUT2D eigenvalue weighted by Gasteiger charge is 2.35. The number of nitrogens with zero attached hydrogens (tertiary/aromatic N) is 2. The van der Waals surface area contributed by atoms with Crippen LogP contribution in [0, 0.1) is 5.92 Å². The van der Waals surface area contributed by atoms with Crippen molar-refractivity contribution in [3.8, 4) is 0 Å². The fraction of sp³-hybridized carbons (Fsp3) is 0.727. The molecule has 2 nitrogen and oxygen atoms in total. The minimum Gasteiger partial charge on any atom is -0.345 e. The fourth-order valence-corrected chi connectivity index (χ4v) is 3.43. The maximum Gasteiger partial charge on any atom is 0.187 e. The lowest BCUT2D eigenvalue weighted by Gasteiger charge is -2.20. The van der Waals surface area contributed by atoms with Gasteiger partial charge in [0.25, 0.3) is 0 Å². The van der Waals surface area contributed by atoms with Gasteiger partial charge in [-0.15, -0.1) is 11.6 Å². The number of hydrogen-bond acceptors (Lipinski definition) is 3. The normalized spacial score (nSPS) is 20.1. The first kappa shape index (κ1) is 11.1. The van der Waals surface area contributed by atoms with Gasteiger partial charge in [-0.2, -0.15) is 0 Å². The molecule has 0 N–H and O–H groups in total. The zero-order valence-electron chi connectivity index (χ0n) is 8.96. The van der Waals surface area contributed by atoms with Crippen molar-refractivity contribution >= 4 is 39.7 Å². The van der Waals surface area contributed by atoms with E-state index in [1.165, 1.54) is 25.7 Å². The second-order valence-electron chi connectivity index (χ2n) is 4.67. The molecule has 0 bridgehead atoms. The largest absolute Gasteiger partial charge is 0.345 e. The molecule has 1 aromatic rings. The van der Waals surface area contributed by atoms with Crippen LogP contribution < -0.4 is 4.90 Å². The third-order valence-electron chi connectivity index (χ3n) is 3.14. The molecule has 0 atom stereocenters. The van der Waals surface area contributed by atoms with E-state index in [2.05, 4.69) is 9.88 Å². The van der Waals surface area contributed by atoms with Crippen molar-refractivity contribution in [1.29, 1.82) is 0 Å². The predicted molar refractivity (Wildman–Crippen MR) is 69.8 cm³/mol. The summed E-state index contributed by atoms with van der Waals surface area (Å²) in [6.07, 6.45) is 5.37. The van der Waals surface area contributed by atoms with Gasteiger partial charge < -0.3 is 4.90 Å². The molecule has 0 saturated heterocycles. The Kier molecular flexibility index (Phi) is 3.03. The van der Waals surface area contributed by atoms with Crippen molar-refractivity contribution in [2.75, 3.05) is 11.4 Å². The molecular weight excluding hydrogens is 263 g/mol. The average molecular weight is 277 g/mol. The Morgan fingerprint density at radius 2 is 2.06 bits per heavy atom. The molecule has 0 unspecified atom stereocenters. The Hall–Kier alpha value is 0.01000. The Morgan fingerprint density at radius 1 is 1.31 bits per heavy atom. The van der Waals surface area contributed by atoms with Crippen molar-refractivity contribution < 1.29 is 0 Å². The minimum atomic E-state index is 0.471. The first-order chi connectivity index (χ1) is 7.78. The molecule has 0 spiro atoms. The van der Waals surface area contributed by atoms with Crippen LogP contribution in [0.4, 0.5) is 5.13 Å². The van der Waals surface area contributed by atoms with Gasteiger partial charge in [-0.1, -0.05) is 22.9 Å². The molecule has 0 aromatic carbocycles. The number of rotatable bonds is 5. The van der Waals surface area contributed by atoms with Gasteiger partial charge in [0.05, 0.1) is 10.8 Å². The van der Waals surface area contributed by atoms with Crippen molar-refractivity contribution in [3.05, 3.63) is 10.0 Å². The SMILES string of the molecule is ClCc1sc(N(CC2CC2)C2CC2)nc1Cl. The highest BCUT2D eigenvalue weighted by atomic mass is 35.5. The van der Waals surface area contributed by atoms with Crippen LogP contribution in [-0.2, 0) is 5.88 Å². The molecule has 2 fully saturated rings. The van der Waals surface area contributed by atoms with Crippen LogP contribution in [0.25, 0.3) is 0 Å². The summed E-state index contributed by atoms with van der Waals surface area (Å²) in [4.78, 5) is 7.90. The summed E-state index contributed by atoms with van der Waals surface area (Å²) < 4.78 is 0. The average Bonchev–Trinajstić information content (AvgIpc) is 3.13. The van der Waals surface area contributed by atoms with E-state index in [0.29, 0.717) is 17.1 Å². The summed E-state index contributed by atoms with van der Waals surface area (Å²) in [6, 6.07) is 0.714. The molecule has 0 amide bonds. The first-order valence-corrected chi connectivity index (χ1v) is 7.48. The molecule has 3 rings (SSSR count). The Bertz CT molecular complexity index is 385. The van der Waals surface area contributed by atoms with E-state index in [1.54, 1.807) is 11.3 Å². The molecule has 2 saturated carbocycles. The summed E-state index contributed by atoms with van der Waals surface area (Å²) in [5.41, 5.74) is 0. The molecule has 1 aromatic heterocycles. The van der Waals surface area contributed by atoms with Gasteiger partial charge in [-0.05, 0) is 31.6 Å². The van der Waals surface area contributed by atoms with Crippen LogP contribution in [0.2, 0.25) is 5.15 Å². The lowest BCUT2D eigenvalue weighted by Crippen LogP contribution is -2.27. The van der Waals surface area contributed by atoms with Crippen LogP contribution in [-0.4, -0.2) is 17.6 Å². The van der Waals surface area contributed by atoms with Gasteiger partial charge in [0.2, 0.25) is 0 Å². The Morgan fingerprint density at radius 3 is 2.56 bits per heavy atom. The smallest absolute Gasteiger partial charge is 0.187 e. The Balaban J connectivity index is 1.79.